The molecule has 0 bridgehead atoms. The van der Waals surface area contributed by atoms with E-state index < -0.39 is 0 Å². The Bertz CT molecular complexity index is 780. The van der Waals surface area contributed by atoms with Crippen molar-refractivity contribution in [1.82, 2.24) is 10.2 Å². The summed E-state index contributed by atoms with van der Waals surface area (Å²) in [6.07, 6.45) is 0.943. The van der Waals surface area contributed by atoms with Gasteiger partial charge in [-0.2, -0.15) is 0 Å². The number of amides is 1. The normalized spacial score (nSPS) is 17.3. The predicted molar refractivity (Wildman–Crippen MR) is 101 cm³/mol. The summed E-state index contributed by atoms with van der Waals surface area (Å²) in [4.78, 5) is 17.4. The molecule has 2 heterocycles. The fourth-order valence-electron chi connectivity index (χ4n) is 3.84. The Morgan fingerprint density at radius 2 is 1.76 bits per heavy atom. The molecule has 0 spiro atoms. The van der Waals surface area contributed by atoms with E-state index in [1.54, 1.807) is 0 Å². The molecule has 4 nitrogen and oxygen atoms in total. The van der Waals surface area contributed by atoms with Crippen LogP contribution < -0.4 is 10.2 Å². The molecule has 25 heavy (non-hydrogen) atoms. The number of anilines is 1. The first-order valence-corrected chi connectivity index (χ1v) is 9.14. The highest BCUT2D eigenvalue weighted by Gasteiger charge is 2.22. The zero-order valence-electron chi connectivity index (χ0n) is 14.8. The van der Waals surface area contributed by atoms with Crippen molar-refractivity contribution in [3.63, 3.8) is 0 Å². The van der Waals surface area contributed by atoms with E-state index in [1.165, 1.54) is 16.8 Å². The van der Waals surface area contributed by atoms with Gasteiger partial charge in [-0.15, -0.1) is 0 Å². The van der Waals surface area contributed by atoms with Crippen LogP contribution in [0.2, 0.25) is 0 Å². The molecule has 1 amide bonds. The van der Waals surface area contributed by atoms with Crippen molar-refractivity contribution in [2.24, 2.45) is 0 Å². The summed E-state index contributed by atoms with van der Waals surface area (Å²) in [5, 5.41) is 3.38. The SMILES string of the molecule is Cc1cc(C(=O)N2CCc3ccccc3C2)cc(N2CCNCC2)c1. The number of aryl methyl sites for hydroxylation is 1. The summed E-state index contributed by atoms with van der Waals surface area (Å²) in [5.74, 6) is 0.148. The highest BCUT2D eigenvalue weighted by atomic mass is 16.2. The lowest BCUT2D eigenvalue weighted by molar-refractivity contribution is 0.0734. The third-order valence-electron chi connectivity index (χ3n) is 5.21. The zero-order valence-corrected chi connectivity index (χ0v) is 14.8. The average molecular weight is 335 g/mol. The Hall–Kier alpha value is -2.33. The second kappa shape index (κ2) is 6.89. The molecule has 0 unspecified atom stereocenters. The summed E-state index contributed by atoms with van der Waals surface area (Å²) in [7, 11) is 0. The molecule has 1 N–H and O–H groups in total. The van der Waals surface area contributed by atoms with Crippen molar-refractivity contribution in [2.75, 3.05) is 37.6 Å². The minimum atomic E-state index is 0.148. The van der Waals surface area contributed by atoms with Crippen molar-refractivity contribution in [3.05, 3.63) is 64.7 Å². The van der Waals surface area contributed by atoms with Gasteiger partial charge in [0.25, 0.3) is 5.91 Å². The molecule has 2 aliphatic rings. The first-order valence-electron chi connectivity index (χ1n) is 9.14. The maximum absolute atomic E-state index is 13.1. The first-order chi connectivity index (χ1) is 12.2. The summed E-state index contributed by atoms with van der Waals surface area (Å²) in [6, 6.07) is 14.7. The maximum Gasteiger partial charge on any atom is 0.254 e. The van der Waals surface area contributed by atoms with Crippen molar-refractivity contribution < 1.29 is 4.79 Å². The number of nitrogens with one attached hydrogen (secondary N) is 1. The first kappa shape index (κ1) is 16.2. The monoisotopic (exact) mass is 335 g/mol. The second-order valence-electron chi connectivity index (χ2n) is 7.04. The maximum atomic E-state index is 13.1. The van der Waals surface area contributed by atoms with Gasteiger partial charge in [0, 0.05) is 50.5 Å². The van der Waals surface area contributed by atoms with Gasteiger partial charge in [-0.05, 0) is 48.2 Å². The van der Waals surface area contributed by atoms with E-state index >= 15 is 0 Å². The largest absolute Gasteiger partial charge is 0.369 e. The lowest BCUT2D eigenvalue weighted by Gasteiger charge is -2.31. The smallest absolute Gasteiger partial charge is 0.254 e. The summed E-state index contributed by atoms with van der Waals surface area (Å²) < 4.78 is 0. The van der Waals surface area contributed by atoms with Crippen LogP contribution >= 0.6 is 0 Å². The van der Waals surface area contributed by atoms with Gasteiger partial charge in [-0.25, -0.2) is 0 Å². The van der Waals surface area contributed by atoms with Crippen molar-refractivity contribution in [3.8, 4) is 0 Å². The standard InChI is InChI=1S/C21H25N3O/c1-16-12-19(14-20(13-16)23-10-7-22-8-11-23)21(25)24-9-6-17-4-2-3-5-18(17)15-24/h2-5,12-14,22H,6-11,15H2,1H3. The van der Waals surface area contributed by atoms with Gasteiger partial charge in [0.15, 0.2) is 0 Å². The van der Waals surface area contributed by atoms with Crippen molar-refractivity contribution in [1.29, 1.82) is 0 Å². The number of carbonyl (C=O) groups excluding carboxylic acids is 1. The molecule has 2 aromatic rings. The van der Waals surface area contributed by atoms with E-state index in [0.29, 0.717) is 6.54 Å². The van der Waals surface area contributed by atoms with Crippen LogP contribution in [-0.2, 0) is 13.0 Å². The number of piperazine rings is 1. The molecule has 2 aromatic carbocycles. The highest BCUT2D eigenvalue weighted by Crippen LogP contribution is 2.24. The molecular weight excluding hydrogens is 310 g/mol. The average Bonchev–Trinajstić information content (AvgIpc) is 2.67. The third kappa shape index (κ3) is 3.40. The second-order valence-corrected chi connectivity index (χ2v) is 7.04. The van der Waals surface area contributed by atoms with Crippen LogP contribution in [0.3, 0.4) is 0 Å². The number of hydrogen-bond acceptors (Lipinski definition) is 3. The third-order valence-corrected chi connectivity index (χ3v) is 5.21. The lowest BCUT2D eigenvalue weighted by Crippen LogP contribution is -2.43. The number of nitrogens with zero attached hydrogens (tertiary/aromatic N) is 2. The molecule has 0 atom stereocenters. The molecule has 1 fully saturated rings. The van der Waals surface area contributed by atoms with Gasteiger partial charge in [-0.1, -0.05) is 24.3 Å². The molecule has 0 aromatic heterocycles. The molecule has 2 aliphatic heterocycles. The van der Waals surface area contributed by atoms with Crippen LogP contribution in [0.4, 0.5) is 5.69 Å². The van der Waals surface area contributed by atoms with Crippen molar-refractivity contribution >= 4 is 11.6 Å². The van der Waals surface area contributed by atoms with Gasteiger partial charge in [0.05, 0.1) is 0 Å². The molecular formula is C21H25N3O. The van der Waals surface area contributed by atoms with E-state index in [2.05, 4.69) is 53.5 Å². The minimum absolute atomic E-state index is 0.148. The van der Waals surface area contributed by atoms with Crippen LogP contribution in [0.5, 0.6) is 0 Å². The highest BCUT2D eigenvalue weighted by molar-refractivity contribution is 5.95. The number of carbonyl (C=O) groups is 1. The molecule has 0 radical (unpaired) electrons. The minimum Gasteiger partial charge on any atom is -0.369 e. The summed E-state index contributed by atoms with van der Waals surface area (Å²) >= 11 is 0. The zero-order chi connectivity index (χ0) is 17.2. The number of hydrogen-bond donors (Lipinski definition) is 1. The van der Waals surface area contributed by atoms with Gasteiger partial charge in [0.2, 0.25) is 0 Å². The van der Waals surface area contributed by atoms with Crippen LogP contribution in [0.1, 0.15) is 27.0 Å². The fourth-order valence-corrected chi connectivity index (χ4v) is 3.84. The van der Waals surface area contributed by atoms with Gasteiger partial charge < -0.3 is 15.1 Å². The summed E-state index contributed by atoms with van der Waals surface area (Å²) in [6.45, 7) is 7.58. The Labute approximate surface area is 149 Å². The molecule has 1 saturated heterocycles. The Morgan fingerprint density at radius 3 is 2.56 bits per heavy atom. The predicted octanol–water partition coefficient (Wildman–Crippen LogP) is 2.60. The Morgan fingerprint density at radius 1 is 1.00 bits per heavy atom. The van der Waals surface area contributed by atoms with E-state index in [4.69, 9.17) is 0 Å². The Kier molecular flexibility index (Phi) is 4.45. The van der Waals surface area contributed by atoms with Crippen LogP contribution in [0.15, 0.2) is 42.5 Å². The number of fused-ring (bicyclic) bond motifs is 1. The number of benzene rings is 2. The fraction of sp³-hybridized carbons (Fsp3) is 0.381. The van der Waals surface area contributed by atoms with E-state index in [1.807, 2.05) is 11.0 Å². The van der Waals surface area contributed by atoms with Gasteiger partial charge >= 0.3 is 0 Å². The lowest BCUT2D eigenvalue weighted by atomic mass is 9.99. The molecule has 0 saturated carbocycles. The molecule has 4 rings (SSSR count). The molecule has 4 heteroatoms. The van der Waals surface area contributed by atoms with Crippen molar-refractivity contribution in [2.45, 2.75) is 19.9 Å². The van der Waals surface area contributed by atoms with E-state index in [-0.39, 0.29) is 5.91 Å². The van der Waals surface area contributed by atoms with E-state index in [9.17, 15) is 4.79 Å². The molecule has 0 aliphatic carbocycles. The van der Waals surface area contributed by atoms with Crippen LogP contribution in [0, 0.1) is 6.92 Å². The van der Waals surface area contributed by atoms with Gasteiger partial charge in [0.1, 0.15) is 0 Å². The van der Waals surface area contributed by atoms with Crippen LogP contribution in [-0.4, -0.2) is 43.5 Å². The molecule has 130 valence electrons. The Balaban J connectivity index is 1.57. The topological polar surface area (TPSA) is 35.6 Å². The number of rotatable bonds is 2. The quantitative estimate of drug-likeness (QED) is 0.916. The summed E-state index contributed by atoms with van der Waals surface area (Å²) in [5.41, 5.74) is 5.78. The van der Waals surface area contributed by atoms with Gasteiger partial charge in [-0.3, -0.25) is 4.79 Å². The van der Waals surface area contributed by atoms with Crippen LogP contribution in [0.25, 0.3) is 0 Å². The van der Waals surface area contributed by atoms with E-state index in [0.717, 1.165) is 50.3 Å².